The number of phenols is 1. The predicted molar refractivity (Wildman–Crippen MR) is 58.3 cm³/mol. The van der Waals surface area contributed by atoms with E-state index >= 15 is 0 Å². The highest BCUT2D eigenvalue weighted by Gasteiger charge is 2.09. The number of hydrogen-bond donors (Lipinski definition) is 2. The molecule has 0 saturated carbocycles. The Morgan fingerprint density at radius 2 is 1.75 bits per heavy atom. The third-order valence-corrected chi connectivity index (χ3v) is 2.24. The number of hydrogen-bond acceptors (Lipinski definition) is 3. The van der Waals surface area contributed by atoms with Crippen LogP contribution in [0.5, 0.6) is 5.75 Å². The molecular formula is C12H9NO3. The van der Waals surface area contributed by atoms with Gasteiger partial charge in [-0.1, -0.05) is 6.07 Å². The zero-order valence-electron chi connectivity index (χ0n) is 8.29. The van der Waals surface area contributed by atoms with E-state index in [1.165, 1.54) is 12.1 Å². The van der Waals surface area contributed by atoms with E-state index in [0.29, 0.717) is 0 Å². The molecule has 1 aromatic carbocycles. The van der Waals surface area contributed by atoms with E-state index in [4.69, 9.17) is 5.11 Å². The van der Waals surface area contributed by atoms with Gasteiger partial charge in [0, 0.05) is 12.4 Å². The molecule has 0 unspecified atom stereocenters. The molecule has 2 aromatic rings. The number of aromatic nitrogens is 1. The van der Waals surface area contributed by atoms with Crippen molar-refractivity contribution in [3.63, 3.8) is 0 Å². The average molecular weight is 215 g/mol. The Morgan fingerprint density at radius 3 is 2.31 bits per heavy atom. The smallest absolute Gasteiger partial charge is 0.339 e. The summed E-state index contributed by atoms with van der Waals surface area (Å²) in [7, 11) is 0. The number of carboxylic acids is 1. The van der Waals surface area contributed by atoms with Gasteiger partial charge in [-0.05, 0) is 35.4 Å². The molecule has 4 heteroatoms. The summed E-state index contributed by atoms with van der Waals surface area (Å²) in [6.45, 7) is 0. The van der Waals surface area contributed by atoms with Crippen LogP contribution in [0.3, 0.4) is 0 Å². The third kappa shape index (κ3) is 1.86. The van der Waals surface area contributed by atoms with Crippen molar-refractivity contribution in [2.24, 2.45) is 0 Å². The molecule has 0 aliphatic rings. The van der Waals surface area contributed by atoms with Gasteiger partial charge in [0.05, 0.1) is 0 Å². The molecule has 1 aromatic heterocycles. The monoisotopic (exact) mass is 215 g/mol. The molecule has 80 valence electrons. The lowest BCUT2D eigenvalue weighted by molar-refractivity contribution is 0.0694. The van der Waals surface area contributed by atoms with Crippen LogP contribution in [0.1, 0.15) is 10.4 Å². The molecule has 2 N–H and O–H groups in total. The zero-order chi connectivity index (χ0) is 11.5. The van der Waals surface area contributed by atoms with Crippen LogP contribution in [0.4, 0.5) is 0 Å². The van der Waals surface area contributed by atoms with Gasteiger partial charge in [0.2, 0.25) is 0 Å². The van der Waals surface area contributed by atoms with Crippen LogP contribution in [-0.4, -0.2) is 21.2 Å². The molecule has 0 aliphatic heterocycles. The highest BCUT2D eigenvalue weighted by Crippen LogP contribution is 2.25. The number of aromatic hydroxyl groups is 1. The van der Waals surface area contributed by atoms with Crippen molar-refractivity contribution in [1.82, 2.24) is 4.98 Å². The number of rotatable bonds is 2. The standard InChI is InChI=1S/C12H9NO3/c14-11-7-9(1-2-10(11)12(15)16)8-3-5-13-6-4-8/h1-7,14H,(H,15,16). The van der Waals surface area contributed by atoms with Gasteiger partial charge < -0.3 is 10.2 Å². The number of benzene rings is 1. The zero-order valence-corrected chi connectivity index (χ0v) is 8.29. The fraction of sp³-hybridized carbons (Fsp3) is 0. The number of aromatic carboxylic acids is 1. The van der Waals surface area contributed by atoms with Crippen LogP contribution in [0, 0.1) is 0 Å². The molecule has 4 nitrogen and oxygen atoms in total. The topological polar surface area (TPSA) is 70.4 Å². The highest BCUT2D eigenvalue weighted by atomic mass is 16.4. The van der Waals surface area contributed by atoms with Crippen LogP contribution in [-0.2, 0) is 0 Å². The molecule has 0 spiro atoms. The maximum absolute atomic E-state index is 10.7. The van der Waals surface area contributed by atoms with E-state index in [-0.39, 0.29) is 11.3 Å². The Hall–Kier alpha value is -2.36. The van der Waals surface area contributed by atoms with Crippen molar-refractivity contribution in [3.8, 4) is 16.9 Å². The van der Waals surface area contributed by atoms with Gasteiger partial charge in [-0.15, -0.1) is 0 Å². The van der Waals surface area contributed by atoms with Gasteiger partial charge in [0.25, 0.3) is 0 Å². The summed E-state index contributed by atoms with van der Waals surface area (Å²) in [5, 5.41) is 18.3. The summed E-state index contributed by atoms with van der Waals surface area (Å²) in [4.78, 5) is 14.6. The van der Waals surface area contributed by atoms with E-state index in [1.54, 1.807) is 30.6 Å². The second kappa shape index (κ2) is 4.02. The number of pyridine rings is 1. The quantitative estimate of drug-likeness (QED) is 0.805. The number of nitrogens with zero attached hydrogens (tertiary/aromatic N) is 1. The van der Waals surface area contributed by atoms with Gasteiger partial charge in [0.15, 0.2) is 0 Å². The molecule has 0 aliphatic carbocycles. The molecule has 1 heterocycles. The van der Waals surface area contributed by atoms with E-state index in [9.17, 15) is 9.90 Å². The van der Waals surface area contributed by atoms with E-state index in [1.807, 2.05) is 0 Å². The second-order valence-electron chi connectivity index (χ2n) is 3.27. The minimum absolute atomic E-state index is 0.0993. The van der Waals surface area contributed by atoms with Crippen LogP contribution in [0.25, 0.3) is 11.1 Å². The molecule has 0 radical (unpaired) electrons. The Morgan fingerprint density at radius 1 is 1.06 bits per heavy atom. The summed E-state index contributed by atoms with van der Waals surface area (Å²) in [5.41, 5.74) is 1.53. The first-order valence-electron chi connectivity index (χ1n) is 4.65. The van der Waals surface area contributed by atoms with E-state index in [2.05, 4.69) is 4.98 Å². The lowest BCUT2D eigenvalue weighted by atomic mass is 10.0. The Labute approximate surface area is 91.8 Å². The average Bonchev–Trinajstić information content (AvgIpc) is 2.29. The van der Waals surface area contributed by atoms with Gasteiger partial charge in [-0.25, -0.2) is 4.79 Å². The van der Waals surface area contributed by atoms with Crippen molar-refractivity contribution in [2.45, 2.75) is 0 Å². The van der Waals surface area contributed by atoms with Gasteiger partial charge in [0.1, 0.15) is 11.3 Å². The van der Waals surface area contributed by atoms with Crippen molar-refractivity contribution in [1.29, 1.82) is 0 Å². The number of carboxylic acid groups (broad SMARTS) is 1. The third-order valence-electron chi connectivity index (χ3n) is 2.24. The van der Waals surface area contributed by atoms with Gasteiger partial charge in [-0.2, -0.15) is 0 Å². The second-order valence-corrected chi connectivity index (χ2v) is 3.27. The normalized spacial score (nSPS) is 10.0. The maximum atomic E-state index is 10.7. The van der Waals surface area contributed by atoms with Crippen molar-refractivity contribution < 1.29 is 15.0 Å². The van der Waals surface area contributed by atoms with Crippen LogP contribution in [0.15, 0.2) is 42.7 Å². The fourth-order valence-corrected chi connectivity index (χ4v) is 1.44. The molecule has 0 bridgehead atoms. The summed E-state index contributed by atoms with van der Waals surface area (Å²) in [5.74, 6) is -1.37. The van der Waals surface area contributed by atoms with Crippen molar-refractivity contribution in [2.75, 3.05) is 0 Å². The minimum Gasteiger partial charge on any atom is -0.507 e. The van der Waals surface area contributed by atoms with Crippen LogP contribution >= 0.6 is 0 Å². The van der Waals surface area contributed by atoms with Crippen molar-refractivity contribution in [3.05, 3.63) is 48.3 Å². The molecule has 0 fully saturated rings. The summed E-state index contributed by atoms with van der Waals surface area (Å²) >= 11 is 0. The first kappa shape index (κ1) is 10.2. The van der Waals surface area contributed by atoms with Crippen LogP contribution < -0.4 is 0 Å². The lowest BCUT2D eigenvalue weighted by Gasteiger charge is -2.04. The molecule has 16 heavy (non-hydrogen) atoms. The Bertz CT molecular complexity index is 523. The predicted octanol–water partition coefficient (Wildman–Crippen LogP) is 2.15. The summed E-state index contributed by atoms with van der Waals surface area (Å²) < 4.78 is 0. The summed E-state index contributed by atoms with van der Waals surface area (Å²) in [6, 6.07) is 8.04. The minimum atomic E-state index is -1.14. The SMILES string of the molecule is O=C(O)c1ccc(-c2ccncc2)cc1O. The molecular weight excluding hydrogens is 206 g/mol. The molecule has 0 amide bonds. The van der Waals surface area contributed by atoms with E-state index in [0.717, 1.165) is 11.1 Å². The lowest BCUT2D eigenvalue weighted by Crippen LogP contribution is -1.96. The van der Waals surface area contributed by atoms with E-state index < -0.39 is 5.97 Å². The highest BCUT2D eigenvalue weighted by molar-refractivity contribution is 5.91. The maximum Gasteiger partial charge on any atom is 0.339 e. The fourth-order valence-electron chi connectivity index (χ4n) is 1.44. The molecule has 2 rings (SSSR count). The van der Waals surface area contributed by atoms with Crippen molar-refractivity contribution >= 4 is 5.97 Å². The molecule has 0 atom stereocenters. The Kier molecular flexibility index (Phi) is 2.55. The largest absolute Gasteiger partial charge is 0.507 e. The van der Waals surface area contributed by atoms with Crippen LogP contribution in [0.2, 0.25) is 0 Å². The first-order valence-corrected chi connectivity index (χ1v) is 4.65. The Balaban J connectivity index is 2.46. The van der Waals surface area contributed by atoms with Gasteiger partial charge in [-0.3, -0.25) is 4.98 Å². The molecule has 0 saturated heterocycles. The first-order chi connectivity index (χ1) is 7.68. The van der Waals surface area contributed by atoms with Gasteiger partial charge >= 0.3 is 5.97 Å². The summed E-state index contributed by atoms with van der Waals surface area (Å²) in [6.07, 6.45) is 3.27. The number of carbonyl (C=O) groups is 1.